The number of H-pyrrole nitrogens is 1. The molecule has 3 rings (SSSR count). The zero-order valence-electron chi connectivity index (χ0n) is 14.9. The Morgan fingerprint density at radius 3 is 2.74 bits per heavy atom. The van der Waals surface area contributed by atoms with Crippen molar-refractivity contribution in [1.29, 1.82) is 0 Å². The number of hydrogen-bond acceptors (Lipinski definition) is 5. The van der Waals surface area contributed by atoms with Crippen LogP contribution in [0.5, 0.6) is 5.75 Å². The normalized spacial score (nSPS) is 10.7. The van der Waals surface area contributed by atoms with Crippen molar-refractivity contribution in [2.75, 3.05) is 6.61 Å². The molecule has 0 radical (unpaired) electrons. The van der Waals surface area contributed by atoms with E-state index in [1.165, 1.54) is 0 Å². The second-order valence-electron chi connectivity index (χ2n) is 6.05. The molecule has 0 bridgehead atoms. The van der Waals surface area contributed by atoms with Gasteiger partial charge in [-0.3, -0.25) is 4.79 Å². The third-order valence-corrected chi connectivity index (χ3v) is 4.85. The number of hydrogen-bond donors (Lipinski definition) is 2. The summed E-state index contributed by atoms with van der Waals surface area (Å²) in [5.74, 6) is -1.20. The number of nitrogens with one attached hydrogen (secondary N) is 1. The minimum atomic E-state index is -1.28. The van der Waals surface area contributed by atoms with E-state index in [0.29, 0.717) is 12.2 Å². The summed E-state index contributed by atoms with van der Waals surface area (Å²) in [6, 6.07) is 9.89. The zero-order chi connectivity index (χ0) is 19.2. The Labute approximate surface area is 160 Å². The third-order valence-electron chi connectivity index (χ3n) is 4.06. The number of nitrogens with zero attached hydrogens (tertiary/aromatic N) is 1. The number of thiophene rings is 1. The van der Waals surface area contributed by atoms with Crippen molar-refractivity contribution in [1.82, 2.24) is 9.97 Å². The highest BCUT2D eigenvalue weighted by Crippen LogP contribution is 2.28. The SMILES string of the molecule is CCCCOc1c(C(=O)O)nc(Cc2cscc2-c2ccccc2)[nH]c1=O. The van der Waals surface area contributed by atoms with Gasteiger partial charge in [-0.15, -0.1) is 0 Å². The first-order chi connectivity index (χ1) is 13.1. The lowest BCUT2D eigenvalue weighted by molar-refractivity contribution is 0.0684. The van der Waals surface area contributed by atoms with E-state index in [4.69, 9.17) is 4.74 Å². The number of rotatable bonds is 8. The van der Waals surface area contributed by atoms with Crippen LogP contribution in [0.2, 0.25) is 0 Å². The van der Waals surface area contributed by atoms with E-state index in [0.717, 1.165) is 29.5 Å². The van der Waals surface area contributed by atoms with Gasteiger partial charge in [0.25, 0.3) is 5.56 Å². The Morgan fingerprint density at radius 1 is 1.26 bits per heavy atom. The maximum atomic E-state index is 12.4. The molecule has 0 fully saturated rings. The van der Waals surface area contributed by atoms with E-state index in [9.17, 15) is 14.7 Å². The van der Waals surface area contributed by atoms with Gasteiger partial charge in [0.05, 0.1) is 6.61 Å². The summed E-state index contributed by atoms with van der Waals surface area (Å²) >= 11 is 1.55. The molecule has 2 aromatic heterocycles. The third kappa shape index (κ3) is 4.43. The molecule has 1 aromatic carbocycles. The number of carboxylic acid groups (broad SMARTS) is 1. The molecule has 2 heterocycles. The summed E-state index contributed by atoms with van der Waals surface area (Å²) in [7, 11) is 0. The maximum absolute atomic E-state index is 12.4. The Bertz CT molecular complexity index is 979. The molecule has 140 valence electrons. The molecule has 0 saturated carbocycles. The van der Waals surface area contributed by atoms with E-state index in [1.807, 2.05) is 48.0 Å². The predicted molar refractivity (Wildman–Crippen MR) is 105 cm³/mol. The molecule has 3 aromatic rings. The quantitative estimate of drug-likeness (QED) is 0.574. The molecule has 0 aliphatic carbocycles. The number of aromatic amines is 1. The lowest BCUT2D eigenvalue weighted by Gasteiger charge is -2.09. The van der Waals surface area contributed by atoms with Crippen LogP contribution in [-0.2, 0) is 6.42 Å². The van der Waals surface area contributed by atoms with Gasteiger partial charge in [0.1, 0.15) is 5.82 Å². The van der Waals surface area contributed by atoms with Crippen LogP contribution in [-0.4, -0.2) is 27.7 Å². The van der Waals surface area contributed by atoms with Crippen molar-refractivity contribution >= 4 is 17.3 Å². The van der Waals surface area contributed by atoms with E-state index < -0.39 is 11.5 Å². The monoisotopic (exact) mass is 384 g/mol. The van der Waals surface area contributed by atoms with Gasteiger partial charge in [0.2, 0.25) is 5.75 Å². The fourth-order valence-corrected chi connectivity index (χ4v) is 3.57. The van der Waals surface area contributed by atoms with Crippen molar-refractivity contribution in [3.63, 3.8) is 0 Å². The lowest BCUT2D eigenvalue weighted by atomic mass is 10.0. The van der Waals surface area contributed by atoms with Crippen molar-refractivity contribution in [2.24, 2.45) is 0 Å². The van der Waals surface area contributed by atoms with Crippen molar-refractivity contribution in [3.8, 4) is 16.9 Å². The largest absolute Gasteiger partial charge is 0.486 e. The van der Waals surface area contributed by atoms with Gasteiger partial charge in [0, 0.05) is 6.42 Å². The van der Waals surface area contributed by atoms with E-state index in [1.54, 1.807) is 11.3 Å². The van der Waals surface area contributed by atoms with Crippen LogP contribution in [0.15, 0.2) is 45.9 Å². The average molecular weight is 384 g/mol. The average Bonchev–Trinajstić information content (AvgIpc) is 3.12. The number of ether oxygens (including phenoxy) is 1. The van der Waals surface area contributed by atoms with Crippen LogP contribution in [0.3, 0.4) is 0 Å². The van der Waals surface area contributed by atoms with Crippen molar-refractivity contribution in [3.05, 3.63) is 68.5 Å². The zero-order valence-corrected chi connectivity index (χ0v) is 15.7. The first kappa shape index (κ1) is 18.8. The first-order valence-electron chi connectivity index (χ1n) is 8.70. The molecule has 27 heavy (non-hydrogen) atoms. The first-order valence-corrected chi connectivity index (χ1v) is 9.64. The Morgan fingerprint density at radius 2 is 2.04 bits per heavy atom. The second-order valence-corrected chi connectivity index (χ2v) is 6.79. The highest BCUT2D eigenvalue weighted by Gasteiger charge is 2.20. The predicted octanol–water partition coefficient (Wildman–Crippen LogP) is 3.97. The van der Waals surface area contributed by atoms with Gasteiger partial charge in [-0.05, 0) is 33.9 Å². The fraction of sp³-hybridized carbons (Fsp3) is 0.250. The van der Waals surface area contributed by atoms with Gasteiger partial charge in [-0.2, -0.15) is 11.3 Å². The molecule has 0 atom stereocenters. The summed E-state index contributed by atoms with van der Waals surface area (Å²) in [6.45, 7) is 2.27. The maximum Gasteiger partial charge on any atom is 0.358 e. The van der Waals surface area contributed by atoms with Crippen LogP contribution in [0.25, 0.3) is 11.1 Å². The lowest BCUT2D eigenvalue weighted by Crippen LogP contribution is -2.21. The summed E-state index contributed by atoms with van der Waals surface area (Å²) in [5, 5.41) is 13.4. The van der Waals surface area contributed by atoms with Gasteiger partial charge in [0.15, 0.2) is 5.69 Å². The highest BCUT2D eigenvalue weighted by atomic mass is 32.1. The minimum Gasteiger partial charge on any atom is -0.486 e. The number of carbonyl (C=O) groups is 1. The van der Waals surface area contributed by atoms with E-state index >= 15 is 0 Å². The molecule has 7 heteroatoms. The molecule has 6 nitrogen and oxygen atoms in total. The summed E-state index contributed by atoms with van der Waals surface area (Å²) < 4.78 is 5.37. The van der Waals surface area contributed by atoms with Gasteiger partial charge >= 0.3 is 5.97 Å². The molecule has 0 amide bonds. The molecule has 0 aliphatic heterocycles. The molecule has 0 saturated heterocycles. The number of aromatic carboxylic acids is 1. The Kier molecular flexibility index (Phi) is 6.03. The van der Waals surface area contributed by atoms with Gasteiger partial charge in [-0.1, -0.05) is 43.7 Å². The van der Waals surface area contributed by atoms with Crippen LogP contribution in [0.1, 0.15) is 41.6 Å². The molecule has 0 spiro atoms. The molecular weight excluding hydrogens is 364 g/mol. The van der Waals surface area contributed by atoms with Crippen molar-refractivity contribution < 1.29 is 14.6 Å². The molecular formula is C20H20N2O4S. The Hall–Kier alpha value is -2.93. The standard InChI is InChI=1S/C20H20N2O4S/c1-2-3-9-26-18-17(20(24)25)21-16(22-19(18)23)10-14-11-27-12-15(14)13-7-5-4-6-8-13/h4-8,11-12H,2-3,9-10H2,1H3,(H,24,25)(H,21,22,23). The smallest absolute Gasteiger partial charge is 0.358 e. The number of carboxylic acids is 1. The van der Waals surface area contributed by atoms with E-state index in [-0.39, 0.29) is 18.1 Å². The highest BCUT2D eigenvalue weighted by molar-refractivity contribution is 7.08. The van der Waals surface area contributed by atoms with Crippen LogP contribution < -0.4 is 10.3 Å². The van der Waals surface area contributed by atoms with Crippen LogP contribution in [0.4, 0.5) is 0 Å². The van der Waals surface area contributed by atoms with Gasteiger partial charge in [-0.25, -0.2) is 9.78 Å². The summed E-state index contributed by atoms with van der Waals surface area (Å²) in [5.41, 5.74) is 2.18. The van der Waals surface area contributed by atoms with E-state index in [2.05, 4.69) is 9.97 Å². The summed E-state index contributed by atoms with van der Waals surface area (Å²) in [6.07, 6.45) is 1.94. The van der Waals surface area contributed by atoms with Gasteiger partial charge < -0.3 is 14.8 Å². The van der Waals surface area contributed by atoms with Crippen LogP contribution in [0, 0.1) is 0 Å². The molecule has 0 aliphatic rings. The minimum absolute atomic E-state index is 0.228. The fourth-order valence-electron chi connectivity index (χ4n) is 2.70. The Balaban J connectivity index is 1.92. The molecule has 0 unspecified atom stereocenters. The second kappa shape index (κ2) is 8.64. The molecule has 2 N–H and O–H groups in total. The number of unbranched alkanes of at least 4 members (excludes halogenated alkanes) is 1. The van der Waals surface area contributed by atoms with Crippen LogP contribution >= 0.6 is 11.3 Å². The topological polar surface area (TPSA) is 92.3 Å². The number of benzene rings is 1. The number of aromatic nitrogens is 2. The summed E-state index contributed by atoms with van der Waals surface area (Å²) in [4.78, 5) is 30.7. The van der Waals surface area contributed by atoms with Crippen molar-refractivity contribution in [2.45, 2.75) is 26.2 Å².